The number of halogens is 1. The molecule has 3 aromatic rings. The summed E-state index contributed by atoms with van der Waals surface area (Å²) in [5.74, 6) is -1.10. The van der Waals surface area contributed by atoms with E-state index >= 15 is 0 Å². The molecule has 0 fully saturated rings. The third-order valence-corrected chi connectivity index (χ3v) is 7.75. The van der Waals surface area contributed by atoms with Crippen LogP contribution in [0, 0.1) is 11.3 Å². The van der Waals surface area contributed by atoms with E-state index in [1.165, 1.54) is 31.4 Å². The van der Waals surface area contributed by atoms with E-state index in [1.807, 2.05) is 6.07 Å². The minimum atomic E-state index is -4.31. The van der Waals surface area contributed by atoms with E-state index in [0.29, 0.717) is 21.9 Å². The molecule has 0 spiro atoms. The van der Waals surface area contributed by atoms with Gasteiger partial charge in [-0.1, -0.05) is 54.1 Å². The summed E-state index contributed by atoms with van der Waals surface area (Å²) >= 11 is 5.93. The predicted molar refractivity (Wildman–Crippen MR) is 128 cm³/mol. The second-order valence-corrected chi connectivity index (χ2v) is 9.84. The van der Waals surface area contributed by atoms with Crippen molar-refractivity contribution in [3.05, 3.63) is 106 Å². The van der Waals surface area contributed by atoms with E-state index in [4.69, 9.17) is 22.1 Å². The van der Waals surface area contributed by atoms with E-state index in [2.05, 4.69) is 0 Å². The molecule has 0 bridgehead atoms. The summed E-state index contributed by atoms with van der Waals surface area (Å²) in [6, 6.07) is 21.3. The first-order valence-corrected chi connectivity index (χ1v) is 12.0. The SMILES string of the molecule is COc1ccc(C2C(C#N)=C(N)N(S(=O)(=O)c3ccc(Cl)cc3)C2C(=O)c2ccccc2)cc1. The van der Waals surface area contributed by atoms with Crippen LogP contribution in [0.25, 0.3) is 0 Å². The fraction of sp³-hybridized carbons (Fsp3) is 0.120. The number of hydrogen-bond donors (Lipinski definition) is 1. The Morgan fingerprint density at radius 2 is 1.65 bits per heavy atom. The van der Waals surface area contributed by atoms with Crippen LogP contribution < -0.4 is 10.5 Å². The highest BCUT2D eigenvalue weighted by Crippen LogP contribution is 2.43. The first kappa shape index (κ1) is 23.4. The molecule has 0 aliphatic carbocycles. The van der Waals surface area contributed by atoms with Gasteiger partial charge in [0.15, 0.2) is 5.78 Å². The molecule has 7 nitrogen and oxygen atoms in total. The standard InChI is InChI=1S/C25H20ClN3O4S/c1-33-19-11-7-16(8-12-19)22-21(15-27)25(28)29(23(22)24(30)17-5-3-2-4-6-17)34(31,32)20-13-9-18(26)10-14-20/h2-14,22-23H,28H2,1H3. The lowest BCUT2D eigenvalue weighted by Gasteiger charge is -2.29. The zero-order chi connectivity index (χ0) is 24.5. The number of hydrogen-bond acceptors (Lipinski definition) is 6. The molecule has 2 unspecified atom stereocenters. The lowest BCUT2D eigenvalue weighted by atomic mass is 9.84. The molecule has 0 radical (unpaired) electrons. The summed E-state index contributed by atoms with van der Waals surface area (Å²) in [7, 11) is -2.79. The third-order valence-electron chi connectivity index (χ3n) is 5.69. The second-order valence-electron chi connectivity index (χ2n) is 7.59. The fourth-order valence-electron chi connectivity index (χ4n) is 4.04. The van der Waals surface area contributed by atoms with Gasteiger partial charge in [0.2, 0.25) is 0 Å². The van der Waals surface area contributed by atoms with Gasteiger partial charge in [-0.25, -0.2) is 12.7 Å². The van der Waals surface area contributed by atoms with Gasteiger partial charge in [-0.15, -0.1) is 0 Å². The maximum absolute atomic E-state index is 13.8. The van der Waals surface area contributed by atoms with Crippen LogP contribution in [0.2, 0.25) is 5.02 Å². The monoisotopic (exact) mass is 493 g/mol. The number of ether oxygens (including phenoxy) is 1. The minimum absolute atomic E-state index is 0.00279. The van der Waals surface area contributed by atoms with Gasteiger partial charge in [0.1, 0.15) is 17.6 Å². The van der Waals surface area contributed by atoms with E-state index in [1.54, 1.807) is 54.6 Å². The molecule has 9 heteroatoms. The first-order chi connectivity index (χ1) is 16.3. The molecule has 34 heavy (non-hydrogen) atoms. The Hall–Kier alpha value is -3.80. The van der Waals surface area contributed by atoms with Crippen LogP contribution in [-0.4, -0.2) is 31.7 Å². The highest BCUT2D eigenvalue weighted by molar-refractivity contribution is 7.89. The summed E-state index contributed by atoms with van der Waals surface area (Å²) in [6.07, 6.45) is 0. The van der Waals surface area contributed by atoms with Crippen molar-refractivity contribution in [1.82, 2.24) is 4.31 Å². The summed E-state index contributed by atoms with van der Waals surface area (Å²) in [4.78, 5) is 13.7. The molecule has 172 valence electrons. The summed E-state index contributed by atoms with van der Waals surface area (Å²) in [6.45, 7) is 0. The number of rotatable bonds is 6. The molecule has 2 atom stereocenters. The number of nitriles is 1. The number of sulfonamides is 1. The van der Waals surface area contributed by atoms with Gasteiger partial charge >= 0.3 is 0 Å². The average molecular weight is 494 g/mol. The van der Waals surface area contributed by atoms with Crippen molar-refractivity contribution in [2.75, 3.05) is 7.11 Å². The van der Waals surface area contributed by atoms with Crippen LogP contribution in [0.4, 0.5) is 0 Å². The molecule has 3 aromatic carbocycles. The van der Waals surface area contributed by atoms with Crippen molar-refractivity contribution in [3.63, 3.8) is 0 Å². The topological polar surface area (TPSA) is 113 Å². The van der Waals surface area contributed by atoms with Gasteiger partial charge in [-0.2, -0.15) is 5.26 Å². The van der Waals surface area contributed by atoms with E-state index in [9.17, 15) is 18.5 Å². The highest BCUT2D eigenvalue weighted by Gasteiger charge is 2.50. The minimum Gasteiger partial charge on any atom is -0.497 e. The van der Waals surface area contributed by atoms with Crippen LogP contribution >= 0.6 is 11.6 Å². The largest absolute Gasteiger partial charge is 0.497 e. The van der Waals surface area contributed by atoms with Crippen molar-refractivity contribution < 1.29 is 17.9 Å². The van der Waals surface area contributed by atoms with Crippen LogP contribution in [0.15, 0.2) is 95.2 Å². The number of nitrogens with zero attached hydrogens (tertiary/aromatic N) is 2. The lowest BCUT2D eigenvalue weighted by molar-refractivity contribution is 0.0910. The Labute approximate surface area is 202 Å². The number of nitrogens with two attached hydrogens (primary N) is 1. The molecule has 1 aliphatic heterocycles. The highest BCUT2D eigenvalue weighted by atomic mass is 35.5. The fourth-order valence-corrected chi connectivity index (χ4v) is 5.75. The summed E-state index contributed by atoms with van der Waals surface area (Å²) in [5, 5.41) is 10.3. The lowest BCUT2D eigenvalue weighted by Crippen LogP contribution is -2.45. The van der Waals surface area contributed by atoms with Crippen molar-refractivity contribution in [3.8, 4) is 11.8 Å². The van der Waals surface area contributed by atoms with E-state index in [0.717, 1.165) is 4.31 Å². The number of benzene rings is 3. The van der Waals surface area contributed by atoms with Crippen molar-refractivity contribution in [2.24, 2.45) is 5.73 Å². The van der Waals surface area contributed by atoms with Gasteiger partial charge in [-0.05, 0) is 42.0 Å². The Kier molecular flexibility index (Phi) is 6.33. The van der Waals surface area contributed by atoms with Gasteiger partial charge < -0.3 is 10.5 Å². The molecular weight excluding hydrogens is 474 g/mol. The molecule has 0 saturated heterocycles. The maximum atomic E-state index is 13.8. The Morgan fingerprint density at radius 3 is 2.21 bits per heavy atom. The van der Waals surface area contributed by atoms with Gasteiger partial charge in [0.05, 0.1) is 29.6 Å². The van der Waals surface area contributed by atoms with Crippen LogP contribution in [0.3, 0.4) is 0 Å². The number of carbonyl (C=O) groups excluding carboxylic acids is 1. The van der Waals surface area contributed by atoms with Gasteiger partial charge in [0.25, 0.3) is 10.0 Å². The number of carbonyl (C=O) groups is 1. The molecule has 0 amide bonds. The second kappa shape index (κ2) is 9.21. The average Bonchev–Trinajstić information content (AvgIpc) is 3.17. The van der Waals surface area contributed by atoms with Crippen LogP contribution in [-0.2, 0) is 10.0 Å². The van der Waals surface area contributed by atoms with E-state index in [-0.39, 0.29) is 16.3 Å². The molecule has 2 N–H and O–H groups in total. The predicted octanol–water partition coefficient (Wildman–Crippen LogP) is 4.08. The smallest absolute Gasteiger partial charge is 0.266 e. The molecule has 0 aromatic heterocycles. The van der Waals surface area contributed by atoms with Crippen LogP contribution in [0.5, 0.6) is 5.75 Å². The molecule has 1 aliphatic rings. The Balaban J connectivity index is 1.93. The molecule has 0 saturated carbocycles. The number of methoxy groups -OCH3 is 1. The van der Waals surface area contributed by atoms with Crippen molar-refractivity contribution in [2.45, 2.75) is 16.9 Å². The quantitative estimate of drug-likeness (QED) is 0.517. The normalized spacial score (nSPS) is 18.0. The maximum Gasteiger partial charge on any atom is 0.266 e. The molecule has 4 rings (SSSR count). The Bertz CT molecular complexity index is 1400. The van der Waals surface area contributed by atoms with Crippen molar-refractivity contribution in [1.29, 1.82) is 5.26 Å². The summed E-state index contributed by atoms with van der Waals surface area (Å²) in [5.41, 5.74) is 7.13. The zero-order valence-corrected chi connectivity index (χ0v) is 19.6. The van der Waals surface area contributed by atoms with E-state index < -0.39 is 27.8 Å². The Morgan fingerprint density at radius 1 is 1.03 bits per heavy atom. The van der Waals surface area contributed by atoms with Crippen LogP contribution in [0.1, 0.15) is 21.8 Å². The third kappa shape index (κ3) is 4.00. The molecule has 1 heterocycles. The number of ketones is 1. The van der Waals surface area contributed by atoms with Crippen molar-refractivity contribution >= 4 is 27.4 Å². The summed E-state index contributed by atoms with van der Waals surface area (Å²) < 4.78 is 33.5. The zero-order valence-electron chi connectivity index (χ0n) is 18.1. The number of Topliss-reactive ketones (excluding diaryl/α,β-unsaturated/α-hetero) is 1. The first-order valence-electron chi connectivity index (χ1n) is 10.2. The van der Waals surface area contributed by atoms with Gasteiger partial charge in [-0.3, -0.25) is 4.79 Å². The molecular formula is C25H20ClN3O4S. The van der Waals surface area contributed by atoms with Gasteiger partial charge in [0, 0.05) is 10.6 Å².